The maximum absolute atomic E-state index is 11.8. The number of ether oxygens (including phenoxy) is 2. The molecule has 2 rings (SSSR count). The van der Waals surface area contributed by atoms with Crippen LogP contribution in [-0.2, 0) is 4.74 Å². The van der Waals surface area contributed by atoms with Crippen molar-refractivity contribution in [2.45, 2.75) is 19.8 Å². The molecule has 116 valence electrons. The molecule has 1 aromatic rings. The third-order valence-electron chi connectivity index (χ3n) is 3.49. The Hall–Kier alpha value is -1.75. The van der Waals surface area contributed by atoms with E-state index in [-0.39, 0.29) is 6.03 Å². The third-order valence-corrected chi connectivity index (χ3v) is 3.49. The molecular formula is C16H24N2O3. The smallest absolute Gasteiger partial charge is 0.317 e. The second-order valence-electron chi connectivity index (χ2n) is 5.40. The maximum atomic E-state index is 11.8. The number of nitrogens with one attached hydrogen (secondary N) is 1. The van der Waals surface area contributed by atoms with Gasteiger partial charge in [0, 0.05) is 13.1 Å². The van der Waals surface area contributed by atoms with Gasteiger partial charge in [0.1, 0.15) is 12.4 Å². The summed E-state index contributed by atoms with van der Waals surface area (Å²) < 4.78 is 10.8. The summed E-state index contributed by atoms with van der Waals surface area (Å²) in [5.41, 5.74) is 1.29. The number of benzene rings is 1. The van der Waals surface area contributed by atoms with E-state index in [1.807, 2.05) is 12.1 Å². The molecule has 0 atom stereocenters. The Labute approximate surface area is 126 Å². The zero-order valence-electron chi connectivity index (χ0n) is 12.8. The molecule has 0 spiro atoms. The van der Waals surface area contributed by atoms with Crippen LogP contribution in [0, 0.1) is 0 Å². The third kappa shape index (κ3) is 4.93. The van der Waals surface area contributed by atoms with Crippen molar-refractivity contribution in [3.05, 3.63) is 29.8 Å². The molecule has 2 amide bonds. The molecule has 0 aromatic heterocycles. The summed E-state index contributed by atoms with van der Waals surface area (Å²) in [5.74, 6) is 1.35. The van der Waals surface area contributed by atoms with Crippen molar-refractivity contribution >= 4 is 6.03 Å². The van der Waals surface area contributed by atoms with E-state index in [9.17, 15) is 4.79 Å². The van der Waals surface area contributed by atoms with E-state index in [0.29, 0.717) is 45.4 Å². The summed E-state index contributed by atoms with van der Waals surface area (Å²) in [7, 11) is 0. The summed E-state index contributed by atoms with van der Waals surface area (Å²) in [4.78, 5) is 13.6. The fourth-order valence-electron chi connectivity index (χ4n) is 2.15. The zero-order valence-corrected chi connectivity index (χ0v) is 12.8. The van der Waals surface area contributed by atoms with Crippen LogP contribution in [0.25, 0.3) is 0 Å². The fraction of sp³-hybridized carbons (Fsp3) is 0.562. The summed E-state index contributed by atoms with van der Waals surface area (Å²) in [6, 6.07) is 8.05. The van der Waals surface area contributed by atoms with Crippen LogP contribution in [-0.4, -0.2) is 50.4 Å². The van der Waals surface area contributed by atoms with E-state index in [1.54, 1.807) is 4.90 Å². The van der Waals surface area contributed by atoms with Gasteiger partial charge < -0.3 is 19.7 Å². The molecule has 1 aromatic carbocycles. The van der Waals surface area contributed by atoms with Crippen molar-refractivity contribution in [2.24, 2.45) is 0 Å². The van der Waals surface area contributed by atoms with Crippen LogP contribution < -0.4 is 10.1 Å². The van der Waals surface area contributed by atoms with E-state index in [0.717, 1.165) is 5.75 Å². The van der Waals surface area contributed by atoms with Crippen LogP contribution in [0.2, 0.25) is 0 Å². The number of carbonyl (C=O) groups excluding carboxylic acids is 1. The van der Waals surface area contributed by atoms with E-state index in [4.69, 9.17) is 9.47 Å². The van der Waals surface area contributed by atoms with E-state index < -0.39 is 0 Å². The highest BCUT2D eigenvalue weighted by Crippen LogP contribution is 2.18. The fourth-order valence-corrected chi connectivity index (χ4v) is 2.15. The van der Waals surface area contributed by atoms with Gasteiger partial charge in [-0.05, 0) is 23.6 Å². The second kappa shape index (κ2) is 7.88. The van der Waals surface area contributed by atoms with E-state index in [1.165, 1.54) is 5.56 Å². The van der Waals surface area contributed by atoms with E-state index >= 15 is 0 Å². The Morgan fingerprint density at radius 3 is 2.57 bits per heavy atom. The Kier molecular flexibility index (Phi) is 5.87. The number of urea groups is 1. The Morgan fingerprint density at radius 1 is 1.29 bits per heavy atom. The number of hydrogen-bond acceptors (Lipinski definition) is 3. The highest BCUT2D eigenvalue weighted by atomic mass is 16.5. The Bertz CT molecular complexity index is 439. The summed E-state index contributed by atoms with van der Waals surface area (Å²) in [5, 5.41) is 2.86. The minimum absolute atomic E-state index is 0.0444. The first-order chi connectivity index (χ1) is 10.2. The first kappa shape index (κ1) is 15.6. The summed E-state index contributed by atoms with van der Waals surface area (Å²) >= 11 is 0. The van der Waals surface area contributed by atoms with Gasteiger partial charge in [0.25, 0.3) is 0 Å². The molecule has 1 heterocycles. The zero-order chi connectivity index (χ0) is 15.1. The lowest BCUT2D eigenvalue weighted by atomic mass is 10.0. The molecule has 5 heteroatoms. The SMILES string of the molecule is CC(C)c1ccc(OCCNC(=O)N2CCOCC2)cc1. The Morgan fingerprint density at radius 2 is 1.95 bits per heavy atom. The van der Waals surface area contributed by atoms with Crippen molar-refractivity contribution < 1.29 is 14.3 Å². The maximum Gasteiger partial charge on any atom is 0.317 e. The minimum atomic E-state index is -0.0444. The van der Waals surface area contributed by atoms with Crippen LogP contribution in [0.3, 0.4) is 0 Å². The monoisotopic (exact) mass is 292 g/mol. The second-order valence-corrected chi connectivity index (χ2v) is 5.40. The first-order valence-corrected chi connectivity index (χ1v) is 7.50. The molecule has 0 saturated carbocycles. The molecule has 1 aliphatic rings. The first-order valence-electron chi connectivity index (χ1n) is 7.50. The van der Waals surface area contributed by atoms with Gasteiger partial charge in [0.15, 0.2) is 0 Å². The highest BCUT2D eigenvalue weighted by molar-refractivity contribution is 5.74. The topological polar surface area (TPSA) is 50.8 Å². The van der Waals surface area contributed by atoms with Crippen molar-refractivity contribution in [1.29, 1.82) is 0 Å². The normalized spacial score (nSPS) is 15.1. The van der Waals surface area contributed by atoms with Gasteiger partial charge in [-0.25, -0.2) is 4.79 Å². The molecule has 5 nitrogen and oxygen atoms in total. The predicted molar refractivity (Wildman–Crippen MR) is 81.8 cm³/mol. The summed E-state index contributed by atoms with van der Waals surface area (Å²) in [6.07, 6.45) is 0. The molecule has 1 N–H and O–H groups in total. The van der Waals surface area contributed by atoms with Gasteiger partial charge in [0.2, 0.25) is 0 Å². The average molecular weight is 292 g/mol. The lowest BCUT2D eigenvalue weighted by Gasteiger charge is -2.26. The van der Waals surface area contributed by atoms with Gasteiger partial charge in [0.05, 0.1) is 19.8 Å². The molecule has 1 fully saturated rings. The molecule has 0 bridgehead atoms. The van der Waals surface area contributed by atoms with Crippen LogP contribution in [0.5, 0.6) is 5.75 Å². The average Bonchev–Trinajstić information content (AvgIpc) is 2.52. The number of nitrogens with zero attached hydrogens (tertiary/aromatic N) is 1. The van der Waals surface area contributed by atoms with E-state index in [2.05, 4.69) is 31.3 Å². The number of carbonyl (C=O) groups is 1. The minimum Gasteiger partial charge on any atom is -0.492 e. The van der Waals surface area contributed by atoms with Crippen LogP contribution in [0.15, 0.2) is 24.3 Å². The predicted octanol–water partition coefficient (Wildman–Crippen LogP) is 2.23. The molecular weight excluding hydrogens is 268 g/mol. The van der Waals surface area contributed by atoms with Crippen molar-refractivity contribution in [3.63, 3.8) is 0 Å². The van der Waals surface area contributed by atoms with Gasteiger partial charge in [-0.15, -0.1) is 0 Å². The quantitative estimate of drug-likeness (QED) is 0.847. The standard InChI is InChI=1S/C16H24N2O3/c1-13(2)14-3-5-15(6-4-14)21-10-7-17-16(19)18-8-11-20-12-9-18/h3-6,13H,7-12H2,1-2H3,(H,17,19). The number of rotatable bonds is 5. The van der Waals surface area contributed by atoms with Crippen molar-refractivity contribution in [1.82, 2.24) is 10.2 Å². The molecule has 21 heavy (non-hydrogen) atoms. The van der Waals surface area contributed by atoms with Crippen LogP contribution >= 0.6 is 0 Å². The van der Waals surface area contributed by atoms with Crippen LogP contribution in [0.4, 0.5) is 4.79 Å². The van der Waals surface area contributed by atoms with Gasteiger partial charge >= 0.3 is 6.03 Å². The summed E-state index contributed by atoms with van der Waals surface area (Å²) in [6.45, 7) is 7.85. The van der Waals surface area contributed by atoms with Gasteiger partial charge in [-0.2, -0.15) is 0 Å². The number of hydrogen-bond donors (Lipinski definition) is 1. The van der Waals surface area contributed by atoms with Gasteiger partial charge in [-0.1, -0.05) is 26.0 Å². The molecule has 0 radical (unpaired) electrons. The number of amides is 2. The molecule has 1 aliphatic heterocycles. The Balaban J connectivity index is 1.66. The van der Waals surface area contributed by atoms with Crippen LogP contribution in [0.1, 0.15) is 25.3 Å². The lowest BCUT2D eigenvalue weighted by molar-refractivity contribution is 0.0530. The molecule has 1 saturated heterocycles. The van der Waals surface area contributed by atoms with Crippen molar-refractivity contribution in [3.8, 4) is 5.75 Å². The van der Waals surface area contributed by atoms with Gasteiger partial charge in [-0.3, -0.25) is 0 Å². The van der Waals surface area contributed by atoms with Crippen molar-refractivity contribution in [2.75, 3.05) is 39.5 Å². The lowest BCUT2D eigenvalue weighted by Crippen LogP contribution is -2.47. The number of morpholine rings is 1. The molecule has 0 unspecified atom stereocenters. The largest absolute Gasteiger partial charge is 0.492 e. The molecule has 0 aliphatic carbocycles. The highest BCUT2D eigenvalue weighted by Gasteiger charge is 2.15.